The van der Waals surface area contributed by atoms with Crippen LogP contribution in [0.1, 0.15) is 40.7 Å². The van der Waals surface area contributed by atoms with E-state index in [-0.39, 0.29) is 24.1 Å². The second-order valence-corrected chi connectivity index (χ2v) is 7.18. The summed E-state index contributed by atoms with van der Waals surface area (Å²) >= 11 is 0. The van der Waals surface area contributed by atoms with Crippen LogP contribution < -0.4 is 16.4 Å². The number of rotatable bonds is 5. The Hall–Kier alpha value is -2.25. The van der Waals surface area contributed by atoms with Gasteiger partial charge < -0.3 is 16.0 Å². The maximum atomic E-state index is 12.7. The molecule has 132 valence electrons. The van der Waals surface area contributed by atoms with Gasteiger partial charge in [-0.2, -0.15) is 0 Å². The van der Waals surface area contributed by atoms with Crippen molar-refractivity contribution in [1.29, 1.82) is 0 Å². The zero-order chi connectivity index (χ0) is 17.6. The summed E-state index contributed by atoms with van der Waals surface area (Å²) in [6.45, 7) is 2.02. The van der Waals surface area contributed by atoms with E-state index in [9.17, 15) is 14.4 Å². The summed E-state index contributed by atoms with van der Waals surface area (Å²) < 4.78 is 0. The number of imide groups is 1. The number of piperidine rings is 1. The van der Waals surface area contributed by atoms with Gasteiger partial charge in [-0.15, -0.1) is 0 Å². The van der Waals surface area contributed by atoms with Gasteiger partial charge in [0.25, 0.3) is 5.91 Å². The van der Waals surface area contributed by atoms with Gasteiger partial charge in [0, 0.05) is 31.1 Å². The topological polar surface area (TPSA) is 105 Å². The molecule has 7 heteroatoms. The van der Waals surface area contributed by atoms with Gasteiger partial charge in [-0.25, -0.2) is 0 Å². The molecule has 2 fully saturated rings. The maximum Gasteiger partial charge on any atom is 0.255 e. The Labute approximate surface area is 145 Å². The fourth-order valence-electron chi connectivity index (χ4n) is 3.62. The molecular formula is C18H22N4O3. The van der Waals surface area contributed by atoms with Crippen molar-refractivity contribution >= 4 is 17.7 Å². The molecule has 1 aromatic rings. The van der Waals surface area contributed by atoms with Crippen molar-refractivity contribution in [1.82, 2.24) is 15.5 Å². The third-order valence-corrected chi connectivity index (χ3v) is 5.31. The van der Waals surface area contributed by atoms with Crippen LogP contribution in [0.5, 0.6) is 0 Å². The van der Waals surface area contributed by atoms with Crippen LogP contribution in [0.25, 0.3) is 0 Å². The SMILES string of the molecule is N[C@@H]1C[C@@H]1CNCc1ccc2c(c1)C(=O)N(C1CCC(=O)NC1=O)C2. The Bertz CT molecular complexity index is 748. The molecule has 4 N–H and O–H groups in total. The average molecular weight is 342 g/mol. The summed E-state index contributed by atoms with van der Waals surface area (Å²) in [5.74, 6) is -0.205. The number of nitrogens with zero attached hydrogens (tertiary/aromatic N) is 1. The summed E-state index contributed by atoms with van der Waals surface area (Å²) in [4.78, 5) is 37.7. The zero-order valence-electron chi connectivity index (χ0n) is 14.0. The number of carbonyl (C=O) groups excluding carboxylic acids is 3. The Morgan fingerprint density at radius 2 is 2.08 bits per heavy atom. The minimum atomic E-state index is -0.560. The number of amides is 3. The quantitative estimate of drug-likeness (QED) is 0.648. The molecule has 0 aromatic heterocycles. The van der Waals surface area contributed by atoms with Crippen LogP contribution in [0.4, 0.5) is 0 Å². The number of hydrogen-bond acceptors (Lipinski definition) is 5. The van der Waals surface area contributed by atoms with Crippen molar-refractivity contribution in [3.05, 3.63) is 34.9 Å². The van der Waals surface area contributed by atoms with E-state index in [4.69, 9.17) is 5.73 Å². The molecule has 3 aliphatic rings. The minimum Gasteiger partial charge on any atom is -0.327 e. The van der Waals surface area contributed by atoms with Crippen LogP contribution in [0.15, 0.2) is 18.2 Å². The summed E-state index contributed by atoms with van der Waals surface area (Å²) in [6.07, 6.45) is 1.74. The van der Waals surface area contributed by atoms with Crippen molar-refractivity contribution in [3.8, 4) is 0 Å². The molecule has 7 nitrogen and oxygen atoms in total. The summed E-state index contributed by atoms with van der Waals surface area (Å²) in [7, 11) is 0. The van der Waals surface area contributed by atoms with Crippen LogP contribution in [0, 0.1) is 5.92 Å². The molecule has 3 amide bonds. The molecule has 1 saturated carbocycles. The van der Waals surface area contributed by atoms with Gasteiger partial charge in [0.15, 0.2) is 0 Å². The van der Waals surface area contributed by atoms with Crippen molar-refractivity contribution in [2.45, 2.75) is 44.4 Å². The summed E-state index contributed by atoms with van der Waals surface area (Å²) in [5, 5.41) is 5.70. The highest BCUT2D eigenvalue weighted by Gasteiger charge is 2.39. The van der Waals surface area contributed by atoms with Gasteiger partial charge in [0.1, 0.15) is 6.04 Å². The number of benzene rings is 1. The zero-order valence-corrected chi connectivity index (χ0v) is 14.0. The van der Waals surface area contributed by atoms with Crippen LogP contribution >= 0.6 is 0 Å². The molecule has 1 aromatic carbocycles. The smallest absolute Gasteiger partial charge is 0.255 e. The first-order chi connectivity index (χ1) is 12.0. The second-order valence-electron chi connectivity index (χ2n) is 7.18. The molecule has 2 aliphatic heterocycles. The van der Waals surface area contributed by atoms with E-state index in [0.29, 0.717) is 37.0 Å². The Balaban J connectivity index is 1.42. The molecule has 1 aliphatic carbocycles. The highest BCUT2D eigenvalue weighted by atomic mass is 16.2. The van der Waals surface area contributed by atoms with Gasteiger partial charge in [-0.05, 0) is 42.5 Å². The second kappa shape index (κ2) is 6.24. The molecular weight excluding hydrogens is 320 g/mol. The van der Waals surface area contributed by atoms with Crippen LogP contribution in [0.3, 0.4) is 0 Å². The lowest BCUT2D eigenvalue weighted by molar-refractivity contribution is -0.136. The van der Waals surface area contributed by atoms with E-state index in [0.717, 1.165) is 24.1 Å². The average Bonchev–Trinajstić information content (AvgIpc) is 3.19. The van der Waals surface area contributed by atoms with E-state index >= 15 is 0 Å². The first-order valence-electron chi connectivity index (χ1n) is 8.75. The Morgan fingerprint density at radius 1 is 1.28 bits per heavy atom. The molecule has 0 bridgehead atoms. The van der Waals surface area contributed by atoms with Crippen molar-refractivity contribution < 1.29 is 14.4 Å². The fourth-order valence-corrected chi connectivity index (χ4v) is 3.62. The standard InChI is InChI=1S/C18H22N4O3/c19-14-6-12(14)8-20-7-10-1-2-11-9-22(18(25)13(11)5-10)15-3-4-16(23)21-17(15)24/h1-2,5,12,14-15,20H,3-4,6-9,19H2,(H,21,23,24)/t12-,14-,15?/m1/s1. The number of fused-ring (bicyclic) bond motifs is 1. The third kappa shape index (κ3) is 3.17. The van der Waals surface area contributed by atoms with E-state index in [1.807, 2.05) is 18.2 Å². The normalized spacial score (nSPS) is 28.1. The fraction of sp³-hybridized carbons (Fsp3) is 0.500. The monoisotopic (exact) mass is 342 g/mol. The molecule has 25 heavy (non-hydrogen) atoms. The van der Waals surface area contributed by atoms with Gasteiger partial charge in [-0.3, -0.25) is 19.7 Å². The Morgan fingerprint density at radius 3 is 2.80 bits per heavy atom. The Kier molecular flexibility index (Phi) is 4.05. The molecule has 0 spiro atoms. The van der Waals surface area contributed by atoms with Gasteiger partial charge in [0.2, 0.25) is 11.8 Å². The van der Waals surface area contributed by atoms with Crippen LogP contribution in [-0.2, 0) is 22.7 Å². The van der Waals surface area contributed by atoms with Crippen LogP contribution in [0.2, 0.25) is 0 Å². The highest BCUT2D eigenvalue weighted by molar-refractivity contribution is 6.05. The molecule has 1 unspecified atom stereocenters. The van der Waals surface area contributed by atoms with Crippen molar-refractivity contribution in [2.24, 2.45) is 11.7 Å². The van der Waals surface area contributed by atoms with Crippen LogP contribution in [-0.4, -0.2) is 41.2 Å². The lowest BCUT2D eigenvalue weighted by Crippen LogP contribution is -2.52. The molecule has 1 saturated heterocycles. The molecule has 4 rings (SSSR count). The predicted octanol–water partition coefficient (Wildman–Crippen LogP) is -0.116. The van der Waals surface area contributed by atoms with E-state index < -0.39 is 6.04 Å². The maximum absolute atomic E-state index is 12.7. The number of nitrogens with one attached hydrogen (secondary N) is 2. The van der Waals surface area contributed by atoms with Gasteiger partial charge in [-0.1, -0.05) is 12.1 Å². The molecule has 3 atom stereocenters. The first kappa shape index (κ1) is 16.2. The number of hydrogen-bond donors (Lipinski definition) is 3. The molecule has 0 radical (unpaired) electrons. The van der Waals surface area contributed by atoms with E-state index in [1.54, 1.807) is 4.90 Å². The molecule has 2 heterocycles. The largest absolute Gasteiger partial charge is 0.327 e. The third-order valence-electron chi connectivity index (χ3n) is 5.31. The predicted molar refractivity (Wildman–Crippen MR) is 90.3 cm³/mol. The first-order valence-corrected chi connectivity index (χ1v) is 8.75. The minimum absolute atomic E-state index is 0.129. The van der Waals surface area contributed by atoms with Crippen molar-refractivity contribution in [2.75, 3.05) is 6.54 Å². The van der Waals surface area contributed by atoms with E-state index in [1.165, 1.54) is 0 Å². The lowest BCUT2D eigenvalue weighted by atomic mass is 10.0. The van der Waals surface area contributed by atoms with Crippen molar-refractivity contribution in [3.63, 3.8) is 0 Å². The summed E-state index contributed by atoms with van der Waals surface area (Å²) in [5.41, 5.74) is 8.44. The number of carbonyl (C=O) groups is 3. The highest BCUT2D eigenvalue weighted by Crippen LogP contribution is 2.29. The van der Waals surface area contributed by atoms with Gasteiger partial charge in [0.05, 0.1) is 0 Å². The lowest BCUT2D eigenvalue weighted by Gasteiger charge is -2.29. The van der Waals surface area contributed by atoms with Gasteiger partial charge >= 0.3 is 0 Å². The summed E-state index contributed by atoms with van der Waals surface area (Å²) in [6, 6.07) is 5.65. The number of nitrogens with two attached hydrogens (primary N) is 1. The van der Waals surface area contributed by atoms with E-state index in [2.05, 4.69) is 10.6 Å².